The zero-order valence-corrected chi connectivity index (χ0v) is 15.2. The number of ether oxygens (including phenoxy) is 1. The molecular weight excluding hydrogens is 300 g/mol. The van der Waals surface area contributed by atoms with Crippen LogP contribution in [0.15, 0.2) is 30.9 Å². The second-order valence-electron chi connectivity index (χ2n) is 6.80. The van der Waals surface area contributed by atoms with E-state index in [0.717, 1.165) is 50.2 Å². The number of nitrogens with one attached hydrogen (secondary N) is 1. The summed E-state index contributed by atoms with van der Waals surface area (Å²) >= 11 is 0. The van der Waals surface area contributed by atoms with Gasteiger partial charge in [-0.05, 0) is 36.5 Å². The lowest BCUT2D eigenvalue weighted by Gasteiger charge is -2.34. The van der Waals surface area contributed by atoms with Gasteiger partial charge in [0, 0.05) is 31.6 Å². The van der Waals surface area contributed by atoms with Crippen LogP contribution >= 0.6 is 0 Å². The number of carbonyl (C=O) groups is 1. The predicted molar refractivity (Wildman–Crippen MR) is 98.2 cm³/mol. The molecule has 1 amide bonds. The van der Waals surface area contributed by atoms with Crippen molar-refractivity contribution in [3.8, 4) is 5.75 Å². The average molecular weight is 330 g/mol. The SMILES string of the molecule is C=CCc1cc(CNC2CCCN(C(=O)C(C)C)C2)ccc1OC. The van der Waals surface area contributed by atoms with Gasteiger partial charge in [0.25, 0.3) is 0 Å². The van der Waals surface area contributed by atoms with Gasteiger partial charge in [-0.3, -0.25) is 4.79 Å². The smallest absolute Gasteiger partial charge is 0.225 e. The Bertz CT molecular complexity index is 569. The summed E-state index contributed by atoms with van der Waals surface area (Å²) in [6.07, 6.45) is 4.89. The van der Waals surface area contributed by atoms with Crippen LogP contribution in [0.3, 0.4) is 0 Å². The van der Waals surface area contributed by atoms with Crippen LogP contribution in [0.2, 0.25) is 0 Å². The molecule has 0 aromatic heterocycles. The number of likely N-dealkylation sites (tertiary alicyclic amines) is 1. The van der Waals surface area contributed by atoms with E-state index in [1.165, 1.54) is 5.56 Å². The number of hydrogen-bond donors (Lipinski definition) is 1. The molecule has 0 saturated carbocycles. The highest BCUT2D eigenvalue weighted by Crippen LogP contribution is 2.21. The monoisotopic (exact) mass is 330 g/mol. The highest BCUT2D eigenvalue weighted by Gasteiger charge is 2.24. The van der Waals surface area contributed by atoms with Gasteiger partial charge in [0.05, 0.1) is 7.11 Å². The molecule has 1 fully saturated rings. The molecule has 1 aliphatic rings. The molecule has 1 aliphatic heterocycles. The Morgan fingerprint density at radius 2 is 2.29 bits per heavy atom. The molecule has 1 aromatic rings. The van der Waals surface area contributed by atoms with Crippen LogP contribution in [0, 0.1) is 5.92 Å². The van der Waals surface area contributed by atoms with Crippen LogP contribution in [0.1, 0.15) is 37.8 Å². The molecule has 0 aliphatic carbocycles. The first kappa shape index (κ1) is 18.5. The third-order valence-electron chi connectivity index (χ3n) is 4.53. The van der Waals surface area contributed by atoms with E-state index < -0.39 is 0 Å². The zero-order chi connectivity index (χ0) is 17.5. The zero-order valence-electron chi connectivity index (χ0n) is 15.2. The molecule has 1 atom stereocenters. The topological polar surface area (TPSA) is 41.6 Å². The van der Waals surface area contributed by atoms with Crippen LogP contribution in [0.4, 0.5) is 0 Å². The van der Waals surface area contributed by atoms with E-state index in [0.29, 0.717) is 6.04 Å². The highest BCUT2D eigenvalue weighted by molar-refractivity contribution is 5.78. The van der Waals surface area contributed by atoms with Gasteiger partial charge in [0.1, 0.15) is 5.75 Å². The lowest BCUT2D eigenvalue weighted by atomic mass is 10.0. The number of amides is 1. The Kier molecular flexibility index (Phi) is 6.85. The van der Waals surface area contributed by atoms with Crippen LogP contribution in [-0.4, -0.2) is 37.0 Å². The van der Waals surface area contributed by atoms with Gasteiger partial charge < -0.3 is 15.0 Å². The maximum atomic E-state index is 12.2. The number of rotatable bonds is 7. The minimum absolute atomic E-state index is 0.0757. The molecule has 1 aromatic carbocycles. The Balaban J connectivity index is 1.94. The number of hydrogen-bond acceptors (Lipinski definition) is 3. The second-order valence-corrected chi connectivity index (χ2v) is 6.80. The number of carbonyl (C=O) groups excluding carboxylic acids is 1. The largest absolute Gasteiger partial charge is 0.496 e. The first-order valence-electron chi connectivity index (χ1n) is 8.84. The highest BCUT2D eigenvalue weighted by atomic mass is 16.5. The van der Waals surface area contributed by atoms with Crippen molar-refractivity contribution in [3.63, 3.8) is 0 Å². The molecule has 1 heterocycles. The van der Waals surface area contributed by atoms with E-state index in [4.69, 9.17) is 4.74 Å². The maximum Gasteiger partial charge on any atom is 0.225 e. The molecule has 1 N–H and O–H groups in total. The molecule has 1 unspecified atom stereocenters. The van der Waals surface area contributed by atoms with Crippen molar-refractivity contribution in [2.75, 3.05) is 20.2 Å². The van der Waals surface area contributed by atoms with Crippen molar-refractivity contribution in [3.05, 3.63) is 42.0 Å². The van der Waals surface area contributed by atoms with Gasteiger partial charge in [0.15, 0.2) is 0 Å². The quantitative estimate of drug-likeness (QED) is 0.781. The Morgan fingerprint density at radius 1 is 1.50 bits per heavy atom. The minimum atomic E-state index is 0.0757. The van der Waals surface area contributed by atoms with Gasteiger partial charge in [-0.25, -0.2) is 0 Å². The van der Waals surface area contributed by atoms with Crippen molar-refractivity contribution >= 4 is 5.91 Å². The normalized spacial score (nSPS) is 17.8. The van der Waals surface area contributed by atoms with Crippen molar-refractivity contribution in [1.29, 1.82) is 0 Å². The van der Waals surface area contributed by atoms with E-state index in [1.54, 1.807) is 7.11 Å². The molecular formula is C20H30N2O2. The fourth-order valence-corrected chi connectivity index (χ4v) is 3.23. The first-order chi connectivity index (χ1) is 11.5. The van der Waals surface area contributed by atoms with Crippen molar-refractivity contribution in [1.82, 2.24) is 10.2 Å². The van der Waals surface area contributed by atoms with Gasteiger partial charge in [-0.15, -0.1) is 6.58 Å². The molecule has 4 nitrogen and oxygen atoms in total. The van der Waals surface area contributed by atoms with Crippen LogP contribution in [0.5, 0.6) is 5.75 Å². The molecule has 0 radical (unpaired) electrons. The fraction of sp³-hybridized carbons (Fsp3) is 0.550. The first-order valence-corrected chi connectivity index (χ1v) is 8.84. The Labute approximate surface area is 145 Å². The van der Waals surface area contributed by atoms with Crippen molar-refractivity contribution in [2.45, 2.75) is 45.7 Å². The van der Waals surface area contributed by atoms with Crippen molar-refractivity contribution in [2.24, 2.45) is 5.92 Å². The van der Waals surface area contributed by atoms with Gasteiger partial charge in [-0.1, -0.05) is 32.1 Å². The Morgan fingerprint density at radius 3 is 2.96 bits per heavy atom. The summed E-state index contributed by atoms with van der Waals surface area (Å²) in [4.78, 5) is 14.2. The summed E-state index contributed by atoms with van der Waals surface area (Å²) in [6, 6.07) is 6.66. The minimum Gasteiger partial charge on any atom is -0.496 e. The molecule has 2 rings (SSSR count). The Hall–Kier alpha value is -1.81. The second kappa shape index (κ2) is 8.88. The van der Waals surface area contributed by atoms with Gasteiger partial charge >= 0.3 is 0 Å². The molecule has 0 spiro atoms. The summed E-state index contributed by atoms with van der Waals surface area (Å²) < 4.78 is 5.40. The standard InChI is InChI=1S/C20H30N2O2/c1-5-7-17-12-16(9-10-19(17)24-4)13-21-18-8-6-11-22(14-18)20(23)15(2)3/h5,9-10,12,15,18,21H,1,6-8,11,13-14H2,2-4H3. The number of nitrogens with zero attached hydrogens (tertiary/aromatic N) is 1. The van der Waals surface area contributed by atoms with Crippen LogP contribution in [-0.2, 0) is 17.8 Å². The molecule has 0 bridgehead atoms. The fourth-order valence-electron chi connectivity index (χ4n) is 3.23. The summed E-state index contributed by atoms with van der Waals surface area (Å²) in [7, 11) is 1.70. The van der Waals surface area contributed by atoms with E-state index >= 15 is 0 Å². The summed E-state index contributed by atoms with van der Waals surface area (Å²) in [5, 5.41) is 3.61. The lowest BCUT2D eigenvalue weighted by Crippen LogP contribution is -2.48. The number of benzene rings is 1. The van der Waals surface area contributed by atoms with Crippen LogP contribution in [0.25, 0.3) is 0 Å². The molecule has 1 saturated heterocycles. The lowest BCUT2D eigenvalue weighted by molar-refractivity contribution is -0.135. The average Bonchev–Trinajstić information content (AvgIpc) is 2.60. The third-order valence-corrected chi connectivity index (χ3v) is 4.53. The van der Waals surface area contributed by atoms with Crippen LogP contribution < -0.4 is 10.1 Å². The number of allylic oxidation sites excluding steroid dienone is 1. The van der Waals surface area contributed by atoms with E-state index in [9.17, 15) is 4.79 Å². The van der Waals surface area contributed by atoms with E-state index in [2.05, 4.69) is 24.0 Å². The molecule has 24 heavy (non-hydrogen) atoms. The molecule has 4 heteroatoms. The summed E-state index contributed by atoms with van der Waals surface area (Å²) in [5.41, 5.74) is 2.40. The third kappa shape index (κ3) is 4.84. The van der Waals surface area contributed by atoms with E-state index in [-0.39, 0.29) is 11.8 Å². The van der Waals surface area contributed by atoms with E-state index in [1.807, 2.05) is 30.9 Å². The predicted octanol–water partition coefficient (Wildman–Crippen LogP) is 3.16. The molecule has 132 valence electrons. The number of methoxy groups -OCH3 is 1. The van der Waals surface area contributed by atoms with Crippen molar-refractivity contribution < 1.29 is 9.53 Å². The van der Waals surface area contributed by atoms with Gasteiger partial charge in [0.2, 0.25) is 5.91 Å². The summed E-state index contributed by atoms with van der Waals surface area (Å²) in [6.45, 7) is 10.3. The van der Waals surface area contributed by atoms with Gasteiger partial charge in [-0.2, -0.15) is 0 Å². The maximum absolute atomic E-state index is 12.2. The number of piperidine rings is 1. The summed E-state index contributed by atoms with van der Waals surface area (Å²) in [5.74, 6) is 1.25.